The fourth-order valence-electron chi connectivity index (χ4n) is 3.15. The Morgan fingerprint density at radius 1 is 1.00 bits per heavy atom. The molecule has 0 spiro atoms. The number of nitrogens with zero attached hydrogens (tertiary/aromatic N) is 2. The predicted octanol–water partition coefficient (Wildman–Crippen LogP) is 3.95. The lowest BCUT2D eigenvalue weighted by molar-refractivity contribution is -0.136. The molecule has 0 fully saturated rings. The first-order valence-electron chi connectivity index (χ1n) is 9.66. The number of ether oxygens (including phenoxy) is 3. The van der Waals surface area contributed by atoms with Gasteiger partial charge in [-0.3, -0.25) is 4.79 Å². The Morgan fingerprint density at radius 2 is 1.71 bits per heavy atom. The molecular weight excluding hydrogens is 396 g/mol. The fraction of sp³-hybridized carbons (Fsp3) is 0.208. The number of aromatic nitrogens is 2. The van der Waals surface area contributed by atoms with Crippen LogP contribution in [0.3, 0.4) is 0 Å². The topological polar surface area (TPSA) is 79.7 Å². The number of para-hydroxylation sites is 1. The second-order valence-corrected chi connectivity index (χ2v) is 6.77. The van der Waals surface area contributed by atoms with Crippen LogP contribution in [0.15, 0.2) is 54.6 Å². The van der Waals surface area contributed by atoms with Gasteiger partial charge >= 0.3 is 5.97 Å². The number of carbonyl (C=O) groups is 2. The minimum atomic E-state index is -0.611. The third-order valence-electron chi connectivity index (χ3n) is 4.79. The summed E-state index contributed by atoms with van der Waals surface area (Å²) in [7, 11) is 3.00. The highest BCUT2D eigenvalue weighted by molar-refractivity contribution is 5.99. The average Bonchev–Trinajstić information content (AvgIpc) is 3.09. The molecule has 3 rings (SSSR count). The van der Waals surface area contributed by atoms with Crippen molar-refractivity contribution in [2.75, 3.05) is 20.8 Å². The molecule has 31 heavy (non-hydrogen) atoms. The number of methoxy groups -OCH3 is 2. The Morgan fingerprint density at radius 3 is 2.39 bits per heavy atom. The van der Waals surface area contributed by atoms with Crippen LogP contribution in [0.25, 0.3) is 11.8 Å². The molecule has 0 saturated heterocycles. The molecule has 3 aromatic rings. The third-order valence-corrected chi connectivity index (χ3v) is 4.79. The first-order valence-corrected chi connectivity index (χ1v) is 9.66. The summed E-state index contributed by atoms with van der Waals surface area (Å²) in [5, 5.41) is 4.54. The van der Waals surface area contributed by atoms with Gasteiger partial charge in [0.1, 0.15) is 0 Å². The maximum atomic E-state index is 12.3. The second kappa shape index (κ2) is 9.75. The van der Waals surface area contributed by atoms with E-state index in [9.17, 15) is 9.59 Å². The van der Waals surface area contributed by atoms with Crippen LogP contribution in [-0.2, 0) is 9.53 Å². The molecule has 7 heteroatoms. The van der Waals surface area contributed by atoms with Crippen molar-refractivity contribution in [3.8, 4) is 17.2 Å². The first kappa shape index (κ1) is 21.8. The van der Waals surface area contributed by atoms with Crippen molar-refractivity contribution < 1.29 is 23.8 Å². The van der Waals surface area contributed by atoms with Gasteiger partial charge in [0.2, 0.25) is 0 Å². The van der Waals surface area contributed by atoms with Gasteiger partial charge in [-0.15, -0.1) is 0 Å². The Labute approximate surface area is 180 Å². The number of Topliss-reactive ketones (excluding diaryl/α,β-unsaturated/α-hetero) is 1. The van der Waals surface area contributed by atoms with Crippen molar-refractivity contribution in [2.45, 2.75) is 13.8 Å². The molecule has 0 atom stereocenters. The number of aryl methyl sites for hydroxylation is 1. The Hall–Kier alpha value is -3.87. The van der Waals surface area contributed by atoms with E-state index in [1.54, 1.807) is 24.3 Å². The lowest BCUT2D eigenvalue weighted by Crippen LogP contribution is -2.12. The van der Waals surface area contributed by atoms with Crippen molar-refractivity contribution in [1.29, 1.82) is 0 Å². The van der Waals surface area contributed by atoms with E-state index in [1.807, 2.05) is 48.9 Å². The van der Waals surface area contributed by atoms with Gasteiger partial charge in [-0.05, 0) is 50.3 Å². The van der Waals surface area contributed by atoms with Crippen molar-refractivity contribution in [1.82, 2.24) is 9.78 Å². The summed E-state index contributed by atoms with van der Waals surface area (Å²) in [5.41, 5.74) is 3.81. The molecule has 0 radical (unpaired) electrons. The van der Waals surface area contributed by atoms with E-state index in [-0.39, 0.29) is 12.4 Å². The maximum absolute atomic E-state index is 12.3. The van der Waals surface area contributed by atoms with E-state index < -0.39 is 5.97 Å². The zero-order valence-electron chi connectivity index (χ0n) is 17.9. The van der Waals surface area contributed by atoms with Crippen molar-refractivity contribution in [3.05, 3.63) is 77.1 Å². The normalized spacial score (nSPS) is 10.8. The molecular formula is C24H24N2O5. The minimum Gasteiger partial charge on any atom is -0.493 e. The van der Waals surface area contributed by atoms with E-state index in [0.29, 0.717) is 17.1 Å². The number of benzene rings is 2. The van der Waals surface area contributed by atoms with Crippen LogP contribution in [0.2, 0.25) is 0 Å². The molecule has 1 aromatic heterocycles. The SMILES string of the molecule is COc1ccc(C(=O)COC(=O)/C=C/c2c(C)nn(-c3ccccc3)c2C)cc1OC. The Kier molecular flexibility index (Phi) is 6.87. The van der Waals surface area contributed by atoms with Crippen molar-refractivity contribution in [2.24, 2.45) is 0 Å². The van der Waals surface area contributed by atoms with Crippen LogP contribution in [0.5, 0.6) is 11.5 Å². The molecule has 1 heterocycles. The quantitative estimate of drug-likeness (QED) is 0.312. The highest BCUT2D eigenvalue weighted by Crippen LogP contribution is 2.27. The van der Waals surface area contributed by atoms with Crippen LogP contribution in [0.1, 0.15) is 27.3 Å². The lowest BCUT2D eigenvalue weighted by atomic mass is 10.1. The fourth-order valence-corrected chi connectivity index (χ4v) is 3.15. The van der Waals surface area contributed by atoms with Gasteiger partial charge in [-0.2, -0.15) is 5.10 Å². The number of esters is 1. The van der Waals surface area contributed by atoms with E-state index in [0.717, 1.165) is 22.6 Å². The third kappa shape index (κ3) is 5.01. The number of hydrogen-bond donors (Lipinski definition) is 0. The number of carbonyl (C=O) groups excluding carboxylic acids is 2. The van der Waals surface area contributed by atoms with Gasteiger partial charge < -0.3 is 14.2 Å². The molecule has 2 aromatic carbocycles. The van der Waals surface area contributed by atoms with Crippen molar-refractivity contribution in [3.63, 3.8) is 0 Å². The second-order valence-electron chi connectivity index (χ2n) is 6.77. The molecule has 0 saturated carbocycles. The van der Waals surface area contributed by atoms with Gasteiger partial charge in [0.15, 0.2) is 23.9 Å². The summed E-state index contributed by atoms with van der Waals surface area (Å²) in [6, 6.07) is 14.5. The molecule has 7 nitrogen and oxygen atoms in total. The summed E-state index contributed by atoms with van der Waals surface area (Å²) >= 11 is 0. The molecule has 0 amide bonds. The molecule has 0 aliphatic rings. The highest BCUT2D eigenvalue weighted by Gasteiger charge is 2.14. The highest BCUT2D eigenvalue weighted by atomic mass is 16.5. The Bertz CT molecular complexity index is 1120. The lowest BCUT2D eigenvalue weighted by Gasteiger charge is -2.09. The van der Waals surface area contributed by atoms with Crippen molar-refractivity contribution >= 4 is 17.8 Å². The average molecular weight is 420 g/mol. The van der Waals surface area contributed by atoms with E-state index >= 15 is 0 Å². The molecule has 0 aliphatic carbocycles. The minimum absolute atomic E-state index is 0.341. The summed E-state index contributed by atoms with van der Waals surface area (Å²) < 4.78 is 17.3. The van der Waals surface area contributed by atoms with E-state index in [1.165, 1.54) is 20.3 Å². The van der Waals surface area contributed by atoms with Crippen LogP contribution < -0.4 is 9.47 Å². The number of ketones is 1. The monoisotopic (exact) mass is 420 g/mol. The van der Waals surface area contributed by atoms with E-state index in [4.69, 9.17) is 14.2 Å². The standard InChI is InChI=1S/C24H24N2O5/c1-16-20(17(2)26(25-16)19-8-6-5-7-9-19)11-13-24(28)31-15-21(27)18-10-12-22(29-3)23(14-18)30-4/h5-14H,15H2,1-4H3/b13-11+. The molecule has 160 valence electrons. The number of rotatable bonds is 8. The molecule has 0 unspecified atom stereocenters. The van der Waals surface area contributed by atoms with Gasteiger partial charge in [-0.1, -0.05) is 18.2 Å². The summed E-state index contributed by atoms with van der Waals surface area (Å²) in [6.07, 6.45) is 2.95. The summed E-state index contributed by atoms with van der Waals surface area (Å²) in [6.45, 7) is 3.43. The number of hydrogen-bond acceptors (Lipinski definition) is 6. The van der Waals surface area contributed by atoms with Gasteiger partial charge in [0.25, 0.3) is 0 Å². The summed E-state index contributed by atoms with van der Waals surface area (Å²) in [5.74, 6) is -0.00577. The van der Waals surface area contributed by atoms with E-state index in [2.05, 4.69) is 5.10 Å². The van der Waals surface area contributed by atoms with Gasteiger partial charge in [0, 0.05) is 22.9 Å². The van der Waals surface area contributed by atoms with Gasteiger partial charge in [0.05, 0.1) is 25.6 Å². The molecule has 0 N–H and O–H groups in total. The molecule has 0 aliphatic heterocycles. The Balaban J connectivity index is 1.65. The summed E-state index contributed by atoms with van der Waals surface area (Å²) in [4.78, 5) is 24.5. The van der Waals surface area contributed by atoms with Crippen LogP contribution >= 0.6 is 0 Å². The molecule has 0 bridgehead atoms. The zero-order valence-corrected chi connectivity index (χ0v) is 17.9. The largest absolute Gasteiger partial charge is 0.493 e. The van der Waals surface area contributed by atoms with Gasteiger partial charge in [-0.25, -0.2) is 9.48 Å². The first-order chi connectivity index (χ1) is 14.9. The van der Waals surface area contributed by atoms with Crippen LogP contribution in [0, 0.1) is 13.8 Å². The van der Waals surface area contributed by atoms with Crippen LogP contribution in [0.4, 0.5) is 0 Å². The smallest absolute Gasteiger partial charge is 0.331 e. The zero-order chi connectivity index (χ0) is 22.4. The maximum Gasteiger partial charge on any atom is 0.331 e. The van der Waals surface area contributed by atoms with Crippen LogP contribution in [-0.4, -0.2) is 42.4 Å². The predicted molar refractivity (Wildman–Crippen MR) is 117 cm³/mol.